The average molecular weight is 323 g/mol. The highest BCUT2D eigenvalue weighted by molar-refractivity contribution is 5.81. The van der Waals surface area contributed by atoms with E-state index in [1.54, 1.807) is 0 Å². The second-order valence-electron chi connectivity index (χ2n) is 6.68. The van der Waals surface area contributed by atoms with Crippen LogP contribution in [0.4, 0.5) is 0 Å². The number of carbonyl (C=O) groups is 1. The third-order valence-corrected chi connectivity index (χ3v) is 4.69. The Morgan fingerprint density at radius 3 is 2.79 bits per heavy atom. The summed E-state index contributed by atoms with van der Waals surface area (Å²) in [6.07, 6.45) is 2.67. The lowest BCUT2D eigenvalue weighted by atomic mass is 9.87. The van der Waals surface area contributed by atoms with Crippen LogP contribution in [0.5, 0.6) is 5.75 Å². The minimum atomic E-state index is -0.513. The molecule has 0 aromatic heterocycles. The van der Waals surface area contributed by atoms with Gasteiger partial charge in [-0.2, -0.15) is 0 Å². The number of amides is 1. The molecule has 0 bridgehead atoms. The van der Waals surface area contributed by atoms with Crippen molar-refractivity contribution < 1.29 is 9.53 Å². The van der Waals surface area contributed by atoms with Crippen molar-refractivity contribution in [1.29, 1.82) is 0 Å². The van der Waals surface area contributed by atoms with Crippen LogP contribution in [0.3, 0.4) is 0 Å². The maximum atomic E-state index is 12.6. The zero-order valence-electron chi connectivity index (χ0n) is 14.6. The molecule has 2 atom stereocenters. The minimum absolute atomic E-state index is 0.0586. The van der Waals surface area contributed by atoms with Crippen molar-refractivity contribution in [2.75, 3.05) is 0 Å². The van der Waals surface area contributed by atoms with Crippen molar-refractivity contribution in [3.8, 4) is 5.75 Å². The van der Waals surface area contributed by atoms with Crippen LogP contribution in [0.15, 0.2) is 42.5 Å². The fourth-order valence-electron chi connectivity index (χ4n) is 3.37. The van der Waals surface area contributed by atoms with E-state index in [0.717, 1.165) is 30.6 Å². The van der Waals surface area contributed by atoms with Gasteiger partial charge in [-0.3, -0.25) is 4.79 Å². The van der Waals surface area contributed by atoms with Crippen molar-refractivity contribution >= 4 is 5.91 Å². The van der Waals surface area contributed by atoms with Crippen LogP contribution >= 0.6 is 0 Å². The third-order valence-electron chi connectivity index (χ3n) is 4.69. The van der Waals surface area contributed by atoms with Crippen molar-refractivity contribution in [3.63, 3.8) is 0 Å². The second kappa shape index (κ2) is 7.08. The molecule has 1 N–H and O–H groups in total. The van der Waals surface area contributed by atoms with E-state index in [1.165, 1.54) is 16.7 Å². The van der Waals surface area contributed by atoms with Crippen molar-refractivity contribution in [2.24, 2.45) is 0 Å². The molecule has 0 spiro atoms. The van der Waals surface area contributed by atoms with E-state index in [-0.39, 0.29) is 11.9 Å². The van der Waals surface area contributed by atoms with Gasteiger partial charge in [-0.05, 0) is 62.8 Å². The second-order valence-corrected chi connectivity index (χ2v) is 6.68. The zero-order chi connectivity index (χ0) is 17.1. The lowest BCUT2D eigenvalue weighted by Crippen LogP contribution is -2.39. The van der Waals surface area contributed by atoms with Gasteiger partial charge in [0.25, 0.3) is 5.91 Å². The number of hydrogen-bond acceptors (Lipinski definition) is 2. The summed E-state index contributed by atoms with van der Waals surface area (Å²) in [7, 11) is 0. The lowest BCUT2D eigenvalue weighted by molar-refractivity contribution is -0.128. The standard InChI is InChI=1S/C21H25NO2/c1-14-11-12-20(15(2)13-14)24-16(3)21(23)22-19-10-6-8-17-7-4-5-9-18(17)19/h4-5,7,9,11-13,16,19H,6,8,10H2,1-3H3,(H,22,23)/t16-,19-/m0/s1. The van der Waals surface area contributed by atoms with Crippen LogP contribution in [-0.4, -0.2) is 12.0 Å². The highest BCUT2D eigenvalue weighted by atomic mass is 16.5. The molecule has 0 fully saturated rings. The zero-order valence-corrected chi connectivity index (χ0v) is 14.6. The van der Waals surface area contributed by atoms with Crippen LogP contribution in [0.2, 0.25) is 0 Å². The van der Waals surface area contributed by atoms with Gasteiger partial charge >= 0.3 is 0 Å². The quantitative estimate of drug-likeness (QED) is 0.913. The van der Waals surface area contributed by atoms with Crippen molar-refractivity contribution in [2.45, 2.75) is 52.2 Å². The molecule has 126 valence electrons. The van der Waals surface area contributed by atoms with Gasteiger partial charge in [0.2, 0.25) is 0 Å². The summed E-state index contributed by atoms with van der Waals surface area (Å²) in [5.41, 5.74) is 4.83. The molecule has 1 aliphatic carbocycles. The Kier molecular flexibility index (Phi) is 4.89. The highest BCUT2D eigenvalue weighted by Crippen LogP contribution is 2.29. The first-order valence-corrected chi connectivity index (χ1v) is 8.66. The Bertz CT molecular complexity index is 738. The molecule has 2 aromatic rings. The predicted octanol–water partition coefficient (Wildman–Crippen LogP) is 4.26. The smallest absolute Gasteiger partial charge is 0.261 e. The summed E-state index contributed by atoms with van der Waals surface area (Å²) in [6, 6.07) is 14.5. The summed E-state index contributed by atoms with van der Waals surface area (Å²) < 4.78 is 5.88. The van der Waals surface area contributed by atoms with E-state index >= 15 is 0 Å². The predicted molar refractivity (Wildman–Crippen MR) is 96.3 cm³/mol. The minimum Gasteiger partial charge on any atom is -0.481 e. The SMILES string of the molecule is Cc1ccc(O[C@@H](C)C(=O)N[C@H]2CCCc3ccccc32)c(C)c1. The van der Waals surface area contributed by atoms with Crippen LogP contribution in [0, 0.1) is 13.8 Å². The number of nitrogens with one attached hydrogen (secondary N) is 1. The Hall–Kier alpha value is -2.29. The molecule has 2 aromatic carbocycles. The summed E-state index contributed by atoms with van der Waals surface area (Å²) in [4.78, 5) is 12.6. The first kappa shape index (κ1) is 16.6. The third kappa shape index (κ3) is 3.61. The topological polar surface area (TPSA) is 38.3 Å². The maximum Gasteiger partial charge on any atom is 0.261 e. The monoisotopic (exact) mass is 323 g/mol. The van der Waals surface area contributed by atoms with Gasteiger partial charge in [0.1, 0.15) is 5.75 Å². The Labute approximate surface area is 144 Å². The van der Waals surface area contributed by atoms with Crippen molar-refractivity contribution in [1.82, 2.24) is 5.32 Å². The first-order valence-electron chi connectivity index (χ1n) is 8.66. The molecule has 3 heteroatoms. The molecular weight excluding hydrogens is 298 g/mol. The van der Waals surface area contributed by atoms with Crippen LogP contribution in [-0.2, 0) is 11.2 Å². The van der Waals surface area contributed by atoms with E-state index in [2.05, 4.69) is 29.6 Å². The lowest BCUT2D eigenvalue weighted by Gasteiger charge is -2.27. The van der Waals surface area contributed by atoms with Crippen LogP contribution < -0.4 is 10.1 Å². The molecule has 0 unspecified atom stereocenters. The molecular formula is C21H25NO2. The van der Waals surface area contributed by atoms with E-state index in [4.69, 9.17) is 4.74 Å². The van der Waals surface area contributed by atoms with Crippen LogP contribution in [0.1, 0.15) is 48.1 Å². The maximum absolute atomic E-state index is 12.6. The summed E-state index contributed by atoms with van der Waals surface area (Å²) in [5, 5.41) is 3.16. The number of hydrogen-bond donors (Lipinski definition) is 1. The number of rotatable bonds is 4. The molecule has 1 amide bonds. The number of ether oxygens (including phenoxy) is 1. The molecule has 0 saturated heterocycles. The molecule has 0 saturated carbocycles. The average Bonchev–Trinajstić information content (AvgIpc) is 2.57. The normalized spacial score (nSPS) is 17.7. The van der Waals surface area contributed by atoms with E-state index in [9.17, 15) is 4.79 Å². The molecule has 0 heterocycles. The van der Waals surface area contributed by atoms with Gasteiger partial charge in [-0.15, -0.1) is 0 Å². The number of aryl methyl sites for hydroxylation is 3. The van der Waals surface area contributed by atoms with E-state index in [1.807, 2.05) is 39.0 Å². The summed E-state index contributed by atoms with van der Waals surface area (Å²) in [5.74, 6) is 0.712. The number of carbonyl (C=O) groups excluding carboxylic acids is 1. The Morgan fingerprint density at radius 2 is 2.00 bits per heavy atom. The molecule has 3 nitrogen and oxygen atoms in total. The van der Waals surface area contributed by atoms with Gasteiger partial charge in [-0.25, -0.2) is 0 Å². The van der Waals surface area contributed by atoms with Gasteiger partial charge in [0.05, 0.1) is 6.04 Å². The molecule has 0 aliphatic heterocycles. The largest absolute Gasteiger partial charge is 0.481 e. The van der Waals surface area contributed by atoms with E-state index < -0.39 is 6.10 Å². The van der Waals surface area contributed by atoms with Gasteiger partial charge < -0.3 is 10.1 Å². The molecule has 24 heavy (non-hydrogen) atoms. The van der Waals surface area contributed by atoms with Gasteiger partial charge in [-0.1, -0.05) is 42.0 Å². The van der Waals surface area contributed by atoms with Gasteiger partial charge in [0, 0.05) is 0 Å². The summed E-state index contributed by atoms with van der Waals surface area (Å²) >= 11 is 0. The summed E-state index contributed by atoms with van der Waals surface area (Å²) in [6.45, 7) is 5.86. The molecule has 0 radical (unpaired) electrons. The number of fused-ring (bicyclic) bond motifs is 1. The Morgan fingerprint density at radius 1 is 1.21 bits per heavy atom. The Balaban J connectivity index is 1.67. The number of benzene rings is 2. The van der Waals surface area contributed by atoms with E-state index in [0.29, 0.717) is 0 Å². The molecule has 1 aliphatic rings. The first-order chi connectivity index (χ1) is 11.5. The van der Waals surface area contributed by atoms with Crippen molar-refractivity contribution in [3.05, 3.63) is 64.7 Å². The fourth-order valence-corrected chi connectivity index (χ4v) is 3.37. The molecule has 3 rings (SSSR count). The highest BCUT2D eigenvalue weighted by Gasteiger charge is 2.24. The fraction of sp³-hybridized carbons (Fsp3) is 0.381. The van der Waals surface area contributed by atoms with Crippen LogP contribution in [0.25, 0.3) is 0 Å². The van der Waals surface area contributed by atoms with Gasteiger partial charge in [0.15, 0.2) is 6.10 Å².